The van der Waals surface area contributed by atoms with E-state index in [-0.39, 0.29) is 5.91 Å². The molecule has 0 aliphatic carbocycles. The van der Waals surface area contributed by atoms with Crippen molar-refractivity contribution in [1.82, 2.24) is 10.2 Å². The van der Waals surface area contributed by atoms with Gasteiger partial charge in [0, 0.05) is 15.7 Å². The van der Waals surface area contributed by atoms with E-state index < -0.39 is 0 Å². The van der Waals surface area contributed by atoms with Crippen LogP contribution in [0.4, 0.5) is 5.13 Å². The number of nitrogens with one attached hydrogen (secondary N) is 1. The van der Waals surface area contributed by atoms with Crippen molar-refractivity contribution >= 4 is 57.1 Å². The molecule has 2 heterocycles. The lowest BCUT2D eigenvalue weighted by molar-refractivity contribution is 0.102. The smallest absolute Gasteiger partial charge is 0.261 e. The lowest BCUT2D eigenvalue weighted by Crippen LogP contribution is -2.13. The number of thiophene rings is 1. The van der Waals surface area contributed by atoms with Crippen LogP contribution in [0.5, 0.6) is 5.75 Å². The van der Waals surface area contributed by atoms with Gasteiger partial charge in [-0.15, -0.1) is 21.5 Å². The maximum absolute atomic E-state index is 12.4. The molecule has 0 saturated heterocycles. The minimum absolute atomic E-state index is 0.333. The molecule has 0 unspecified atom stereocenters. The predicted octanol–water partition coefficient (Wildman–Crippen LogP) is 4.81. The number of methoxy groups -OCH3 is 1. The second-order valence-corrected chi connectivity index (χ2v) is 8.21. The molecule has 0 saturated carbocycles. The van der Waals surface area contributed by atoms with Gasteiger partial charge in [-0.3, -0.25) is 10.1 Å². The fraction of sp³-hybridized carbons (Fsp3) is 0.133. The highest BCUT2D eigenvalue weighted by Gasteiger charge is 2.15. The van der Waals surface area contributed by atoms with E-state index >= 15 is 0 Å². The number of anilines is 1. The summed E-state index contributed by atoms with van der Waals surface area (Å²) in [7, 11) is 1.50. The fourth-order valence-electron chi connectivity index (χ4n) is 1.87. The van der Waals surface area contributed by atoms with E-state index in [0.29, 0.717) is 21.5 Å². The minimum atomic E-state index is -0.333. The van der Waals surface area contributed by atoms with Crippen LogP contribution in [0.3, 0.4) is 0 Å². The minimum Gasteiger partial charge on any atom is -0.496 e. The molecule has 0 fully saturated rings. The summed E-state index contributed by atoms with van der Waals surface area (Å²) >= 11 is 10.6. The lowest BCUT2D eigenvalue weighted by atomic mass is 10.2. The van der Waals surface area contributed by atoms with Gasteiger partial charge in [-0.25, -0.2) is 0 Å². The number of hydrogen-bond donors (Lipinski definition) is 1. The van der Waals surface area contributed by atoms with Crippen molar-refractivity contribution in [3.05, 3.63) is 51.2 Å². The standard InChI is InChI=1S/C15H12ClN3O2S3/c1-21-12-5-4-9(16)7-11(12)13(20)17-14-18-19-15(24-14)23-8-10-3-2-6-22-10/h2-7H,8H2,1H3,(H,17,18,20). The Balaban J connectivity index is 1.66. The largest absolute Gasteiger partial charge is 0.496 e. The van der Waals surface area contributed by atoms with Crippen molar-refractivity contribution in [2.45, 2.75) is 10.1 Å². The lowest BCUT2D eigenvalue weighted by Gasteiger charge is -2.07. The van der Waals surface area contributed by atoms with Crippen molar-refractivity contribution in [1.29, 1.82) is 0 Å². The van der Waals surface area contributed by atoms with Crippen LogP contribution in [-0.2, 0) is 5.75 Å². The van der Waals surface area contributed by atoms with E-state index in [0.717, 1.165) is 10.1 Å². The second-order valence-electron chi connectivity index (χ2n) is 4.54. The van der Waals surface area contributed by atoms with Crippen molar-refractivity contribution in [2.75, 3.05) is 12.4 Å². The molecule has 1 N–H and O–H groups in total. The molecular formula is C15H12ClN3O2S3. The normalized spacial score (nSPS) is 10.6. The van der Waals surface area contributed by atoms with Crippen LogP contribution in [0.2, 0.25) is 5.02 Å². The van der Waals surface area contributed by atoms with E-state index in [1.165, 1.54) is 23.3 Å². The first-order chi connectivity index (χ1) is 11.7. The summed E-state index contributed by atoms with van der Waals surface area (Å²) in [6.07, 6.45) is 0. The molecule has 0 aliphatic rings. The zero-order valence-electron chi connectivity index (χ0n) is 12.5. The van der Waals surface area contributed by atoms with Gasteiger partial charge in [-0.2, -0.15) is 0 Å². The highest BCUT2D eigenvalue weighted by molar-refractivity contribution is 8.00. The van der Waals surface area contributed by atoms with Crippen molar-refractivity contribution < 1.29 is 9.53 Å². The molecule has 0 aliphatic heterocycles. The third kappa shape index (κ3) is 4.27. The molecule has 5 nitrogen and oxygen atoms in total. The highest BCUT2D eigenvalue weighted by atomic mass is 35.5. The molecule has 9 heteroatoms. The van der Waals surface area contributed by atoms with Crippen LogP contribution in [0, 0.1) is 0 Å². The summed E-state index contributed by atoms with van der Waals surface area (Å²) in [5, 5.41) is 13.8. The van der Waals surface area contributed by atoms with E-state index in [1.807, 2.05) is 11.4 Å². The predicted molar refractivity (Wildman–Crippen MR) is 99.7 cm³/mol. The number of ether oxygens (including phenoxy) is 1. The Hall–Kier alpha value is -1.61. The van der Waals surface area contributed by atoms with Crippen LogP contribution in [0.25, 0.3) is 0 Å². The van der Waals surface area contributed by atoms with Gasteiger partial charge in [0.1, 0.15) is 5.75 Å². The maximum Gasteiger partial charge on any atom is 0.261 e. The first-order valence-corrected chi connectivity index (χ1v) is 9.85. The number of amides is 1. The van der Waals surface area contributed by atoms with E-state index in [4.69, 9.17) is 16.3 Å². The van der Waals surface area contributed by atoms with Crippen LogP contribution in [0.1, 0.15) is 15.2 Å². The number of rotatable bonds is 6. The topological polar surface area (TPSA) is 64.1 Å². The molecule has 0 spiro atoms. The van der Waals surface area contributed by atoms with Crippen molar-refractivity contribution in [3.63, 3.8) is 0 Å². The monoisotopic (exact) mass is 397 g/mol. The van der Waals surface area contributed by atoms with Gasteiger partial charge in [0.25, 0.3) is 5.91 Å². The molecular weight excluding hydrogens is 386 g/mol. The summed E-state index contributed by atoms with van der Waals surface area (Å²) in [6.45, 7) is 0. The Bertz CT molecular complexity index is 836. The van der Waals surface area contributed by atoms with Crippen LogP contribution in [0.15, 0.2) is 40.1 Å². The first kappa shape index (κ1) is 17.2. The number of aromatic nitrogens is 2. The van der Waals surface area contributed by atoms with Gasteiger partial charge in [0.05, 0.1) is 12.7 Å². The van der Waals surface area contributed by atoms with E-state index in [1.54, 1.807) is 41.3 Å². The van der Waals surface area contributed by atoms with E-state index in [9.17, 15) is 4.79 Å². The van der Waals surface area contributed by atoms with E-state index in [2.05, 4.69) is 21.6 Å². The number of benzene rings is 1. The van der Waals surface area contributed by atoms with Gasteiger partial charge in [0.15, 0.2) is 4.34 Å². The first-order valence-electron chi connectivity index (χ1n) is 6.79. The molecule has 24 heavy (non-hydrogen) atoms. The van der Waals surface area contributed by atoms with Gasteiger partial charge in [0.2, 0.25) is 5.13 Å². The van der Waals surface area contributed by atoms with Gasteiger partial charge < -0.3 is 4.74 Å². The third-order valence-corrected chi connectivity index (χ3v) is 6.27. The molecule has 1 aromatic carbocycles. The zero-order valence-corrected chi connectivity index (χ0v) is 15.7. The number of thioether (sulfide) groups is 1. The average Bonchev–Trinajstić information content (AvgIpc) is 3.24. The summed E-state index contributed by atoms with van der Waals surface area (Å²) < 4.78 is 5.99. The number of hydrogen-bond acceptors (Lipinski definition) is 7. The van der Waals surface area contributed by atoms with Crippen molar-refractivity contribution in [3.8, 4) is 5.75 Å². The molecule has 3 aromatic rings. The second kappa shape index (κ2) is 7.98. The van der Waals surface area contributed by atoms with Crippen LogP contribution in [-0.4, -0.2) is 23.2 Å². The summed E-state index contributed by atoms with van der Waals surface area (Å²) in [6, 6.07) is 8.97. The third-order valence-electron chi connectivity index (χ3n) is 2.95. The quantitative estimate of drug-likeness (QED) is 0.477. The molecule has 0 atom stereocenters. The van der Waals surface area contributed by atoms with Crippen molar-refractivity contribution in [2.24, 2.45) is 0 Å². The SMILES string of the molecule is COc1ccc(Cl)cc1C(=O)Nc1nnc(SCc2cccs2)s1. The molecule has 0 bridgehead atoms. The zero-order chi connectivity index (χ0) is 16.9. The Labute approximate surface area is 156 Å². The summed E-state index contributed by atoms with van der Waals surface area (Å²) in [5.41, 5.74) is 0.355. The molecule has 0 radical (unpaired) electrons. The maximum atomic E-state index is 12.4. The Morgan fingerprint density at radius 1 is 1.38 bits per heavy atom. The highest BCUT2D eigenvalue weighted by Crippen LogP contribution is 2.30. The van der Waals surface area contributed by atoms with Gasteiger partial charge >= 0.3 is 0 Å². The number of halogens is 1. The van der Waals surface area contributed by atoms with Gasteiger partial charge in [-0.1, -0.05) is 40.8 Å². The summed E-state index contributed by atoms with van der Waals surface area (Å²) in [4.78, 5) is 13.7. The number of carbonyl (C=O) groups is 1. The number of carbonyl (C=O) groups excluding carboxylic acids is 1. The van der Waals surface area contributed by atoms with Crippen LogP contribution < -0.4 is 10.1 Å². The Morgan fingerprint density at radius 3 is 3.00 bits per heavy atom. The molecule has 124 valence electrons. The molecule has 2 aromatic heterocycles. The Kier molecular flexibility index (Phi) is 5.72. The Morgan fingerprint density at radius 2 is 2.25 bits per heavy atom. The molecule has 3 rings (SSSR count). The summed E-state index contributed by atoms with van der Waals surface area (Å²) in [5.74, 6) is 0.955. The average molecular weight is 398 g/mol. The van der Waals surface area contributed by atoms with Crippen LogP contribution >= 0.6 is 46.0 Å². The van der Waals surface area contributed by atoms with Gasteiger partial charge in [-0.05, 0) is 29.6 Å². The number of nitrogens with zero attached hydrogens (tertiary/aromatic N) is 2. The molecule has 1 amide bonds. The fourth-order valence-corrected chi connectivity index (χ4v) is 4.56.